The molecule has 3 aromatic heterocycles. The number of pyridine rings is 1. The van der Waals surface area contributed by atoms with E-state index in [4.69, 9.17) is 0 Å². The van der Waals surface area contributed by atoms with Gasteiger partial charge in [-0.3, -0.25) is 4.79 Å². The van der Waals surface area contributed by atoms with Crippen molar-refractivity contribution in [2.75, 3.05) is 36.9 Å². The van der Waals surface area contributed by atoms with E-state index in [0.29, 0.717) is 23.3 Å². The fourth-order valence-electron chi connectivity index (χ4n) is 4.68. The number of carbonyl (C=O) groups is 1. The van der Waals surface area contributed by atoms with Gasteiger partial charge >= 0.3 is 0 Å². The van der Waals surface area contributed by atoms with Gasteiger partial charge in [0.15, 0.2) is 11.5 Å². The zero-order valence-corrected chi connectivity index (χ0v) is 17.8. The molecular formula is C22H26FN7O. The Morgan fingerprint density at radius 1 is 1.19 bits per heavy atom. The number of hydrogen-bond donors (Lipinski definition) is 1. The summed E-state index contributed by atoms with van der Waals surface area (Å²) in [5.41, 5.74) is 1.45. The molecule has 9 heteroatoms. The van der Waals surface area contributed by atoms with Crippen molar-refractivity contribution in [1.29, 1.82) is 0 Å². The highest BCUT2D eigenvalue weighted by Gasteiger charge is 2.37. The lowest BCUT2D eigenvalue weighted by atomic mass is 9.85. The van der Waals surface area contributed by atoms with E-state index >= 15 is 0 Å². The molecular weight excluding hydrogens is 397 g/mol. The molecule has 162 valence electrons. The smallest absolute Gasteiger partial charge is 0.275 e. The van der Waals surface area contributed by atoms with Gasteiger partial charge in [-0.25, -0.2) is 19.3 Å². The molecule has 1 amide bonds. The number of aryl methyl sites for hydroxylation is 1. The highest BCUT2D eigenvalue weighted by molar-refractivity contribution is 6.02. The van der Waals surface area contributed by atoms with E-state index in [-0.39, 0.29) is 11.3 Å². The molecule has 2 fully saturated rings. The number of aromatic nitrogens is 4. The lowest BCUT2D eigenvalue weighted by Gasteiger charge is -2.48. The van der Waals surface area contributed by atoms with Gasteiger partial charge in [0.05, 0.1) is 23.8 Å². The van der Waals surface area contributed by atoms with Crippen LogP contribution in [0.1, 0.15) is 35.4 Å². The van der Waals surface area contributed by atoms with Crippen LogP contribution < -0.4 is 10.2 Å². The van der Waals surface area contributed by atoms with Crippen molar-refractivity contribution in [3.8, 4) is 0 Å². The molecule has 0 aliphatic carbocycles. The first-order valence-corrected chi connectivity index (χ1v) is 10.7. The number of anilines is 2. The Hall–Kier alpha value is -3.07. The average Bonchev–Trinajstić information content (AvgIpc) is 3.09. The molecule has 0 saturated carbocycles. The Labute approximate surface area is 180 Å². The van der Waals surface area contributed by atoms with Gasteiger partial charge in [-0.1, -0.05) is 6.42 Å². The van der Waals surface area contributed by atoms with Crippen molar-refractivity contribution < 1.29 is 9.18 Å². The summed E-state index contributed by atoms with van der Waals surface area (Å²) in [5, 5.41) is 2.68. The number of nitrogens with one attached hydrogen (secondary N) is 1. The van der Waals surface area contributed by atoms with Crippen LogP contribution in [-0.4, -0.2) is 62.9 Å². The number of carbonyl (C=O) groups excluding carboxylic acids is 1. The predicted molar refractivity (Wildman–Crippen MR) is 116 cm³/mol. The van der Waals surface area contributed by atoms with Gasteiger partial charge in [0, 0.05) is 43.5 Å². The van der Waals surface area contributed by atoms with Crippen molar-refractivity contribution in [3.63, 3.8) is 0 Å². The number of rotatable bonds is 4. The van der Waals surface area contributed by atoms with E-state index in [1.165, 1.54) is 38.1 Å². The summed E-state index contributed by atoms with van der Waals surface area (Å²) in [6.07, 6.45) is 10.3. The molecule has 2 saturated heterocycles. The quantitative estimate of drug-likeness (QED) is 0.695. The molecule has 0 radical (unpaired) electrons. The van der Waals surface area contributed by atoms with Crippen molar-refractivity contribution in [2.24, 2.45) is 5.92 Å². The number of likely N-dealkylation sites (tertiary alicyclic amines) is 1. The van der Waals surface area contributed by atoms with Gasteiger partial charge in [-0.15, -0.1) is 0 Å². The Bertz CT molecular complexity index is 1110. The molecule has 0 aromatic carbocycles. The van der Waals surface area contributed by atoms with Crippen molar-refractivity contribution in [2.45, 2.75) is 32.2 Å². The van der Waals surface area contributed by atoms with Gasteiger partial charge in [0.2, 0.25) is 0 Å². The van der Waals surface area contributed by atoms with Crippen LogP contribution in [0.2, 0.25) is 0 Å². The largest absolute Gasteiger partial charge is 0.355 e. The van der Waals surface area contributed by atoms with Gasteiger partial charge in [0.1, 0.15) is 11.5 Å². The van der Waals surface area contributed by atoms with Crippen molar-refractivity contribution >= 4 is 23.1 Å². The van der Waals surface area contributed by atoms with Crippen LogP contribution in [0.25, 0.3) is 5.65 Å². The number of imidazole rings is 1. The first kappa shape index (κ1) is 19.9. The maximum atomic E-state index is 14.2. The zero-order valence-electron chi connectivity index (χ0n) is 17.8. The molecule has 1 atom stereocenters. The maximum absolute atomic E-state index is 14.2. The summed E-state index contributed by atoms with van der Waals surface area (Å²) < 4.78 is 15.8. The third-order valence-electron chi connectivity index (χ3n) is 6.36. The second kappa shape index (κ2) is 7.88. The zero-order chi connectivity index (χ0) is 21.5. The van der Waals surface area contributed by atoms with Gasteiger partial charge in [-0.05, 0) is 33.4 Å². The van der Waals surface area contributed by atoms with Crippen LogP contribution >= 0.6 is 0 Å². The van der Waals surface area contributed by atoms with E-state index in [0.717, 1.165) is 18.9 Å². The van der Waals surface area contributed by atoms with Crippen LogP contribution in [0.3, 0.4) is 0 Å². The van der Waals surface area contributed by atoms with Crippen LogP contribution in [0.15, 0.2) is 30.9 Å². The number of piperidine rings is 1. The maximum Gasteiger partial charge on any atom is 0.275 e. The third kappa shape index (κ3) is 3.85. The number of halogens is 1. The lowest BCUT2D eigenvalue weighted by Crippen LogP contribution is -2.57. The average molecular weight is 423 g/mol. The minimum Gasteiger partial charge on any atom is -0.355 e. The summed E-state index contributed by atoms with van der Waals surface area (Å²) >= 11 is 0. The summed E-state index contributed by atoms with van der Waals surface area (Å²) in [5.74, 6) is 0.516. The lowest BCUT2D eigenvalue weighted by molar-refractivity contribution is 0.102. The highest BCUT2D eigenvalue weighted by Crippen LogP contribution is 2.31. The Morgan fingerprint density at radius 2 is 2.03 bits per heavy atom. The molecule has 5 heterocycles. The van der Waals surface area contributed by atoms with Crippen LogP contribution in [-0.2, 0) is 0 Å². The van der Waals surface area contributed by atoms with Gasteiger partial charge in [-0.2, -0.15) is 0 Å². The van der Waals surface area contributed by atoms with E-state index < -0.39 is 11.7 Å². The molecule has 2 aliphatic heterocycles. The van der Waals surface area contributed by atoms with E-state index in [1.54, 1.807) is 29.9 Å². The highest BCUT2D eigenvalue weighted by atomic mass is 19.1. The molecule has 8 nitrogen and oxygen atoms in total. The molecule has 3 aromatic rings. The Morgan fingerprint density at radius 3 is 2.77 bits per heavy atom. The molecule has 5 rings (SSSR count). The van der Waals surface area contributed by atoms with Crippen LogP contribution in [0.5, 0.6) is 0 Å². The standard InChI is InChI=1S/C22H26FN7O/c1-14-10-30-13-16(7-17(23)21(30)26-14)27-22(31)18-8-25-20(9-24-18)29-11-15(12-29)19-5-3-4-6-28(19)2/h7-10,13,15,19H,3-6,11-12H2,1-2H3,(H,27,31). The van der Waals surface area contributed by atoms with E-state index in [2.05, 4.69) is 37.1 Å². The van der Waals surface area contributed by atoms with E-state index in [9.17, 15) is 9.18 Å². The Balaban J connectivity index is 1.22. The minimum absolute atomic E-state index is 0.190. The number of amides is 1. The molecule has 31 heavy (non-hydrogen) atoms. The number of hydrogen-bond acceptors (Lipinski definition) is 6. The normalized spacial score (nSPS) is 20.1. The second-order valence-corrected chi connectivity index (χ2v) is 8.61. The third-order valence-corrected chi connectivity index (χ3v) is 6.36. The van der Waals surface area contributed by atoms with Gasteiger partial charge < -0.3 is 19.5 Å². The first-order chi connectivity index (χ1) is 15.0. The summed E-state index contributed by atoms with van der Waals surface area (Å²) in [6, 6.07) is 1.91. The fourth-order valence-corrected chi connectivity index (χ4v) is 4.68. The predicted octanol–water partition coefficient (Wildman–Crippen LogP) is 2.74. The molecule has 2 aliphatic rings. The molecule has 0 bridgehead atoms. The first-order valence-electron chi connectivity index (χ1n) is 10.7. The van der Waals surface area contributed by atoms with Gasteiger partial charge in [0.25, 0.3) is 5.91 Å². The summed E-state index contributed by atoms with van der Waals surface area (Å²) in [6.45, 7) is 4.91. The summed E-state index contributed by atoms with van der Waals surface area (Å²) in [7, 11) is 2.22. The summed E-state index contributed by atoms with van der Waals surface area (Å²) in [4.78, 5) is 30.1. The van der Waals surface area contributed by atoms with Crippen molar-refractivity contribution in [1.82, 2.24) is 24.3 Å². The monoisotopic (exact) mass is 423 g/mol. The number of nitrogens with zero attached hydrogens (tertiary/aromatic N) is 6. The van der Waals surface area contributed by atoms with Crippen LogP contribution in [0.4, 0.5) is 15.9 Å². The topological polar surface area (TPSA) is 78.7 Å². The molecule has 1 unspecified atom stereocenters. The SMILES string of the molecule is Cc1cn2cc(NC(=O)c3cnc(N4CC(C5CCCCN5C)C4)cn3)cc(F)c2n1. The van der Waals surface area contributed by atoms with Crippen molar-refractivity contribution in [3.05, 3.63) is 48.1 Å². The second-order valence-electron chi connectivity index (χ2n) is 8.61. The van der Waals surface area contributed by atoms with Crippen LogP contribution in [0, 0.1) is 18.7 Å². The minimum atomic E-state index is -0.497. The molecule has 1 N–H and O–H groups in total. The fraction of sp³-hybridized carbons (Fsp3) is 0.455. The molecule has 0 spiro atoms. The number of fused-ring (bicyclic) bond motifs is 1. The Kier molecular flexibility index (Phi) is 5.05. The van der Waals surface area contributed by atoms with E-state index in [1.807, 2.05) is 0 Å².